The van der Waals surface area contributed by atoms with Crippen molar-refractivity contribution in [2.45, 2.75) is 56.5 Å². The molecule has 152 valence electrons. The Labute approximate surface area is 176 Å². The highest BCUT2D eigenvalue weighted by atomic mass is 32.2. The van der Waals surface area contributed by atoms with Gasteiger partial charge >= 0.3 is 0 Å². The molecule has 1 saturated heterocycles. The number of aromatic amines is 1. The number of rotatable bonds is 6. The Balaban J connectivity index is 1.67. The average molecular weight is 409 g/mol. The normalized spacial score (nSPS) is 14.2. The molecule has 29 heavy (non-hydrogen) atoms. The van der Waals surface area contributed by atoms with Crippen LogP contribution in [-0.4, -0.2) is 33.3 Å². The van der Waals surface area contributed by atoms with Crippen molar-refractivity contribution in [3.05, 3.63) is 47.2 Å². The van der Waals surface area contributed by atoms with Crippen molar-refractivity contribution in [2.24, 2.45) is 0 Å². The molecule has 1 fully saturated rings. The van der Waals surface area contributed by atoms with Crippen LogP contribution in [0.1, 0.15) is 43.0 Å². The summed E-state index contributed by atoms with van der Waals surface area (Å²) in [5, 5.41) is 11.4. The van der Waals surface area contributed by atoms with Gasteiger partial charge in [0.2, 0.25) is 0 Å². The number of nitrogens with zero attached hydrogens (tertiary/aromatic N) is 4. The maximum atomic E-state index is 4.95. The van der Waals surface area contributed by atoms with Crippen LogP contribution < -0.4 is 10.2 Å². The zero-order valence-corrected chi connectivity index (χ0v) is 18.1. The van der Waals surface area contributed by atoms with Crippen LogP contribution in [0, 0.1) is 13.8 Å². The Morgan fingerprint density at radius 3 is 2.48 bits per heavy atom. The number of anilines is 3. The van der Waals surface area contributed by atoms with Gasteiger partial charge in [0, 0.05) is 35.3 Å². The molecule has 0 saturated carbocycles. The largest absolute Gasteiger partial charge is 0.356 e. The van der Waals surface area contributed by atoms with Gasteiger partial charge in [-0.2, -0.15) is 5.10 Å². The number of aryl methyl sites for hydroxylation is 2. The van der Waals surface area contributed by atoms with Gasteiger partial charge in [0.1, 0.15) is 11.6 Å². The first-order chi connectivity index (χ1) is 14.1. The predicted molar refractivity (Wildman–Crippen MR) is 119 cm³/mol. The van der Waals surface area contributed by atoms with Gasteiger partial charge in [0.05, 0.1) is 0 Å². The Bertz CT molecular complexity index is 960. The number of nitrogens with one attached hydrogen (secondary N) is 2. The number of benzene rings is 1. The van der Waals surface area contributed by atoms with Crippen LogP contribution in [0.5, 0.6) is 0 Å². The first-order valence-corrected chi connectivity index (χ1v) is 11.1. The summed E-state index contributed by atoms with van der Waals surface area (Å²) in [6.07, 6.45) is 4.77. The van der Waals surface area contributed by atoms with E-state index in [-0.39, 0.29) is 0 Å². The van der Waals surface area contributed by atoms with Gasteiger partial charge in [0.25, 0.3) is 0 Å². The third-order valence-electron chi connectivity index (χ3n) is 5.25. The lowest BCUT2D eigenvalue weighted by Crippen LogP contribution is -2.31. The molecular formula is C22H28N6S. The summed E-state index contributed by atoms with van der Waals surface area (Å²) < 4.78 is 0. The van der Waals surface area contributed by atoms with Crippen molar-refractivity contribution in [1.82, 2.24) is 20.2 Å². The van der Waals surface area contributed by atoms with Crippen LogP contribution in [-0.2, 0) is 6.42 Å². The third kappa shape index (κ3) is 4.72. The van der Waals surface area contributed by atoms with Gasteiger partial charge in [-0.25, -0.2) is 9.97 Å². The quantitative estimate of drug-likeness (QED) is 0.542. The lowest BCUT2D eigenvalue weighted by molar-refractivity contribution is 0.570. The van der Waals surface area contributed by atoms with E-state index >= 15 is 0 Å². The molecule has 3 aromatic rings. The molecule has 0 bridgehead atoms. The summed E-state index contributed by atoms with van der Waals surface area (Å²) in [5.74, 6) is 2.62. The summed E-state index contributed by atoms with van der Waals surface area (Å²) in [6.45, 7) is 8.36. The second kappa shape index (κ2) is 8.86. The molecule has 1 aromatic carbocycles. The summed E-state index contributed by atoms with van der Waals surface area (Å²) >= 11 is 1.61. The van der Waals surface area contributed by atoms with E-state index in [2.05, 4.69) is 58.5 Å². The van der Waals surface area contributed by atoms with Crippen molar-refractivity contribution in [1.29, 1.82) is 0 Å². The monoisotopic (exact) mass is 408 g/mol. The fraction of sp³-hybridized carbons (Fsp3) is 0.409. The molecule has 0 radical (unpaired) electrons. The number of aromatic nitrogens is 4. The first-order valence-electron chi connectivity index (χ1n) is 10.3. The van der Waals surface area contributed by atoms with Crippen LogP contribution in [0.15, 0.2) is 40.4 Å². The minimum absolute atomic E-state index is 0.759. The van der Waals surface area contributed by atoms with Gasteiger partial charge in [-0.15, -0.1) is 0 Å². The molecule has 0 atom stereocenters. The van der Waals surface area contributed by atoms with E-state index in [1.807, 2.05) is 13.0 Å². The van der Waals surface area contributed by atoms with E-state index in [4.69, 9.17) is 9.97 Å². The minimum atomic E-state index is 0.759. The maximum absolute atomic E-state index is 4.95. The Hall–Kier alpha value is -2.54. The Morgan fingerprint density at radius 2 is 1.83 bits per heavy atom. The summed E-state index contributed by atoms with van der Waals surface area (Å²) in [7, 11) is 0. The molecule has 0 unspecified atom stereocenters. The van der Waals surface area contributed by atoms with Crippen molar-refractivity contribution >= 4 is 29.2 Å². The SMILES string of the molecule is CCc1ccc(Sc2nc(Nc3cc(C)[nH]n3)c(C)c(N3CCCCC3)n2)cc1. The van der Waals surface area contributed by atoms with Crippen LogP contribution in [0.2, 0.25) is 0 Å². The van der Waals surface area contributed by atoms with E-state index in [0.717, 1.165) is 58.3 Å². The Morgan fingerprint density at radius 1 is 1.07 bits per heavy atom. The number of H-pyrrole nitrogens is 1. The molecule has 1 aliphatic heterocycles. The summed E-state index contributed by atoms with van der Waals surface area (Å²) in [6, 6.07) is 10.6. The molecule has 0 aliphatic carbocycles. The van der Waals surface area contributed by atoms with Crippen molar-refractivity contribution in [3.8, 4) is 0 Å². The second-order valence-electron chi connectivity index (χ2n) is 7.51. The minimum Gasteiger partial charge on any atom is -0.356 e. The molecule has 6 nitrogen and oxygen atoms in total. The maximum Gasteiger partial charge on any atom is 0.196 e. The van der Waals surface area contributed by atoms with E-state index in [1.165, 1.54) is 24.8 Å². The molecule has 2 aromatic heterocycles. The molecule has 0 amide bonds. The number of hydrogen-bond acceptors (Lipinski definition) is 6. The summed E-state index contributed by atoms with van der Waals surface area (Å²) in [5.41, 5.74) is 3.42. The van der Waals surface area contributed by atoms with E-state index < -0.39 is 0 Å². The Kier molecular flexibility index (Phi) is 6.04. The smallest absolute Gasteiger partial charge is 0.196 e. The van der Waals surface area contributed by atoms with E-state index in [1.54, 1.807) is 11.8 Å². The number of piperidine rings is 1. The lowest BCUT2D eigenvalue weighted by Gasteiger charge is -2.29. The highest BCUT2D eigenvalue weighted by molar-refractivity contribution is 7.99. The lowest BCUT2D eigenvalue weighted by atomic mass is 10.1. The van der Waals surface area contributed by atoms with Crippen LogP contribution in [0.25, 0.3) is 0 Å². The fourth-order valence-electron chi connectivity index (χ4n) is 3.57. The standard InChI is InChI=1S/C22H28N6S/c1-4-17-8-10-18(11-9-17)29-22-24-20(23-19-14-15(2)26-27-19)16(3)21(25-22)28-12-6-5-7-13-28/h8-11,14H,4-7,12-13H2,1-3H3,(H2,23,24,25,26,27). The zero-order valence-electron chi connectivity index (χ0n) is 17.3. The van der Waals surface area contributed by atoms with Crippen LogP contribution in [0.3, 0.4) is 0 Å². The molecule has 7 heteroatoms. The number of hydrogen-bond donors (Lipinski definition) is 2. The molecule has 1 aliphatic rings. The molecule has 0 spiro atoms. The molecular weight excluding hydrogens is 380 g/mol. The molecule has 2 N–H and O–H groups in total. The fourth-order valence-corrected chi connectivity index (χ4v) is 4.32. The van der Waals surface area contributed by atoms with Crippen molar-refractivity contribution in [2.75, 3.05) is 23.3 Å². The summed E-state index contributed by atoms with van der Waals surface area (Å²) in [4.78, 5) is 13.3. The van der Waals surface area contributed by atoms with E-state index in [0.29, 0.717) is 0 Å². The van der Waals surface area contributed by atoms with Gasteiger partial charge in [-0.3, -0.25) is 5.10 Å². The van der Waals surface area contributed by atoms with Gasteiger partial charge in [-0.1, -0.05) is 19.1 Å². The van der Waals surface area contributed by atoms with Crippen molar-refractivity contribution < 1.29 is 0 Å². The van der Waals surface area contributed by atoms with Gasteiger partial charge < -0.3 is 10.2 Å². The third-order valence-corrected chi connectivity index (χ3v) is 6.12. The van der Waals surface area contributed by atoms with E-state index in [9.17, 15) is 0 Å². The van der Waals surface area contributed by atoms with Gasteiger partial charge in [0.15, 0.2) is 11.0 Å². The average Bonchev–Trinajstić information content (AvgIpc) is 3.16. The van der Waals surface area contributed by atoms with Crippen LogP contribution in [0.4, 0.5) is 17.5 Å². The first kappa shape index (κ1) is 19.8. The molecule has 4 rings (SSSR count). The predicted octanol–water partition coefficient (Wildman–Crippen LogP) is 5.26. The van der Waals surface area contributed by atoms with Gasteiger partial charge in [-0.05, 0) is 69.0 Å². The van der Waals surface area contributed by atoms with Crippen molar-refractivity contribution in [3.63, 3.8) is 0 Å². The van der Waals surface area contributed by atoms with Crippen LogP contribution >= 0.6 is 11.8 Å². The topological polar surface area (TPSA) is 69.7 Å². The second-order valence-corrected chi connectivity index (χ2v) is 8.55. The molecule has 3 heterocycles. The zero-order chi connectivity index (χ0) is 20.2. The highest BCUT2D eigenvalue weighted by Gasteiger charge is 2.20. The highest BCUT2D eigenvalue weighted by Crippen LogP contribution is 2.33.